The first-order chi connectivity index (χ1) is 14.4. The van der Waals surface area contributed by atoms with Gasteiger partial charge in [-0.25, -0.2) is 0 Å². The Balaban J connectivity index is 1.51. The molecule has 0 saturated carbocycles. The molecule has 0 fully saturated rings. The second-order valence-electron chi connectivity index (χ2n) is 6.12. The summed E-state index contributed by atoms with van der Waals surface area (Å²) in [6.07, 6.45) is 0. The highest BCUT2D eigenvalue weighted by molar-refractivity contribution is 7.99. The lowest BCUT2D eigenvalue weighted by Crippen LogP contribution is -2.12. The van der Waals surface area contributed by atoms with E-state index in [1.165, 1.54) is 0 Å². The summed E-state index contributed by atoms with van der Waals surface area (Å²) in [5.41, 5.74) is 0. The third-order valence-corrected chi connectivity index (χ3v) is 6.05. The summed E-state index contributed by atoms with van der Waals surface area (Å²) in [5.74, 6) is 3.52. The van der Waals surface area contributed by atoms with Crippen LogP contribution in [0.1, 0.15) is 0 Å². The molecule has 0 N–H and O–H groups in total. The van der Waals surface area contributed by atoms with Gasteiger partial charge in [0.25, 0.3) is 0 Å². The zero-order valence-corrected chi connectivity index (χ0v) is 18.2. The van der Waals surface area contributed by atoms with Crippen LogP contribution in [0.25, 0.3) is 0 Å². The highest BCUT2D eigenvalue weighted by Gasteiger charge is 2.06. The molecule has 0 amide bonds. The molecule has 0 saturated heterocycles. The number of hydrogen-bond acceptors (Lipinski definition) is 7. The van der Waals surface area contributed by atoms with Gasteiger partial charge in [-0.3, -0.25) is 0 Å². The minimum atomic E-state index is 0.512. The summed E-state index contributed by atoms with van der Waals surface area (Å²) in [7, 11) is 0. The van der Waals surface area contributed by atoms with Gasteiger partial charge in [-0.15, -0.1) is 23.5 Å². The van der Waals surface area contributed by atoms with Crippen LogP contribution in [0.4, 0.5) is 0 Å². The van der Waals surface area contributed by atoms with E-state index in [1.54, 1.807) is 23.5 Å². The van der Waals surface area contributed by atoms with Gasteiger partial charge in [-0.1, -0.05) is 24.3 Å². The number of benzene rings is 2. The summed E-state index contributed by atoms with van der Waals surface area (Å²) >= 11 is 3.47. The van der Waals surface area contributed by atoms with E-state index in [9.17, 15) is 0 Å². The van der Waals surface area contributed by atoms with Crippen LogP contribution in [0, 0.1) is 0 Å². The summed E-state index contributed by atoms with van der Waals surface area (Å²) in [6.45, 7) is 4.67. The van der Waals surface area contributed by atoms with Crippen LogP contribution in [0.2, 0.25) is 0 Å². The van der Waals surface area contributed by atoms with Crippen molar-refractivity contribution in [2.75, 3.05) is 64.4 Å². The van der Waals surface area contributed by atoms with Gasteiger partial charge in [-0.2, -0.15) is 0 Å². The van der Waals surface area contributed by atoms with Crippen LogP contribution >= 0.6 is 23.5 Å². The fourth-order valence-corrected chi connectivity index (χ4v) is 4.37. The number of ether oxygens (including phenoxy) is 5. The fraction of sp³-hybridized carbons (Fsp3) is 0.455. The molecule has 0 radical (unpaired) electrons. The van der Waals surface area contributed by atoms with E-state index >= 15 is 0 Å². The van der Waals surface area contributed by atoms with Crippen LogP contribution in [-0.2, 0) is 14.2 Å². The average Bonchev–Trinajstić information content (AvgIpc) is 2.75. The molecule has 5 nitrogen and oxygen atoms in total. The first-order valence-corrected chi connectivity index (χ1v) is 11.8. The van der Waals surface area contributed by atoms with Gasteiger partial charge in [0, 0.05) is 21.3 Å². The predicted molar refractivity (Wildman–Crippen MR) is 118 cm³/mol. The third kappa shape index (κ3) is 8.48. The topological polar surface area (TPSA) is 46.2 Å². The molecular formula is C22H28O5S2. The SMILES string of the molecule is c1ccc2c(c1)OCCOCCOc1ccccc1SCCOCCOCCS2. The lowest BCUT2D eigenvalue weighted by atomic mass is 10.3. The van der Waals surface area contributed by atoms with Gasteiger partial charge >= 0.3 is 0 Å². The summed E-state index contributed by atoms with van der Waals surface area (Å²) in [6, 6.07) is 16.1. The van der Waals surface area contributed by atoms with Crippen molar-refractivity contribution in [1.29, 1.82) is 0 Å². The molecule has 0 bridgehead atoms. The minimum absolute atomic E-state index is 0.512. The molecule has 0 aliphatic carbocycles. The molecule has 1 heterocycles. The van der Waals surface area contributed by atoms with E-state index in [2.05, 4.69) is 12.1 Å². The van der Waals surface area contributed by atoms with Crippen molar-refractivity contribution in [2.24, 2.45) is 0 Å². The maximum Gasteiger partial charge on any atom is 0.132 e. The molecular weight excluding hydrogens is 408 g/mol. The molecule has 0 unspecified atom stereocenters. The molecule has 3 rings (SSSR count). The zero-order valence-electron chi connectivity index (χ0n) is 16.5. The first-order valence-electron chi connectivity index (χ1n) is 9.86. The van der Waals surface area contributed by atoms with Crippen molar-refractivity contribution in [3.63, 3.8) is 0 Å². The molecule has 0 atom stereocenters. The standard InChI is InChI=1S/C22H28O5S2/c1-3-7-21-19(5-1)26-13-11-23-12-14-27-20-6-2-4-8-22(20)29-18-16-25-10-9-24-15-17-28-21/h1-8H,9-18H2. The predicted octanol–water partition coefficient (Wildman–Crippen LogP) is 4.39. The molecule has 0 spiro atoms. The van der Waals surface area contributed by atoms with Crippen LogP contribution in [0.3, 0.4) is 0 Å². The summed E-state index contributed by atoms with van der Waals surface area (Å²) in [4.78, 5) is 2.24. The Kier molecular flexibility index (Phi) is 10.6. The minimum Gasteiger partial charge on any atom is -0.490 e. The Bertz CT molecular complexity index is 654. The van der Waals surface area contributed by atoms with Gasteiger partial charge < -0.3 is 23.7 Å². The Morgan fingerprint density at radius 3 is 1.41 bits per heavy atom. The molecule has 1 aliphatic rings. The van der Waals surface area contributed by atoms with Gasteiger partial charge in [0.1, 0.15) is 24.7 Å². The normalized spacial score (nSPS) is 18.2. The van der Waals surface area contributed by atoms with E-state index in [-0.39, 0.29) is 0 Å². The largest absolute Gasteiger partial charge is 0.490 e. The Morgan fingerprint density at radius 2 is 0.897 bits per heavy atom. The van der Waals surface area contributed by atoms with Crippen molar-refractivity contribution >= 4 is 23.5 Å². The Morgan fingerprint density at radius 1 is 0.483 bits per heavy atom. The molecule has 2 aromatic carbocycles. The van der Waals surface area contributed by atoms with Gasteiger partial charge in [-0.05, 0) is 24.3 Å². The fourth-order valence-electron chi connectivity index (χ4n) is 2.64. The van der Waals surface area contributed by atoms with Gasteiger partial charge in [0.2, 0.25) is 0 Å². The van der Waals surface area contributed by atoms with Gasteiger partial charge in [0.15, 0.2) is 0 Å². The monoisotopic (exact) mass is 436 g/mol. The summed E-state index contributed by atoms with van der Waals surface area (Å²) < 4.78 is 28.8. The van der Waals surface area contributed by atoms with Crippen molar-refractivity contribution in [3.05, 3.63) is 48.5 Å². The van der Waals surface area contributed by atoms with Crippen molar-refractivity contribution in [1.82, 2.24) is 0 Å². The molecule has 7 heteroatoms. The van der Waals surface area contributed by atoms with E-state index in [4.69, 9.17) is 23.7 Å². The van der Waals surface area contributed by atoms with E-state index in [0.29, 0.717) is 52.9 Å². The second-order valence-corrected chi connectivity index (χ2v) is 8.40. The van der Waals surface area contributed by atoms with E-state index < -0.39 is 0 Å². The van der Waals surface area contributed by atoms with Crippen molar-refractivity contribution < 1.29 is 23.7 Å². The maximum absolute atomic E-state index is 5.89. The molecule has 158 valence electrons. The van der Waals surface area contributed by atoms with Crippen LogP contribution in [0.15, 0.2) is 58.3 Å². The van der Waals surface area contributed by atoms with Crippen LogP contribution < -0.4 is 9.47 Å². The average molecular weight is 437 g/mol. The molecule has 0 aromatic heterocycles. The quantitative estimate of drug-likeness (QED) is 0.607. The number of rotatable bonds is 0. The lowest BCUT2D eigenvalue weighted by Gasteiger charge is -2.12. The number of fused-ring (bicyclic) bond motifs is 2. The highest BCUT2D eigenvalue weighted by Crippen LogP contribution is 2.29. The summed E-state index contributed by atoms with van der Waals surface area (Å²) in [5, 5.41) is 0. The number of thioether (sulfide) groups is 2. The number of para-hydroxylation sites is 2. The van der Waals surface area contributed by atoms with Crippen LogP contribution in [-0.4, -0.2) is 64.4 Å². The van der Waals surface area contributed by atoms with Crippen LogP contribution in [0.5, 0.6) is 11.5 Å². The second kappa shape index (κ2) is 13.8. The highest BCUT2D eigenvalue weighted by atomic mass is 32.2. The smallest absolute Gasteiger partial charge is 0.132 e. The van der Waals surface area contributed by atoms with E-state index in [1.807, 2.05) is 36.4 Å². The maximum atomic E-state index is 5.89. The molecule has 29 heavy (non-hydrogen) atoms. The van der Waals surface area contributed by atoms with Gasteiger partial charge in [0.05, 0.1) is 39.6 Å². The van der Waals surface area contributed by atoms with Crippen molar-refractivity contribution in [3.8, 4) is 11.5 Å². The van der Waals surface area contributed by atoms with E-state index in [0.717, 1.165) is 32.8 Å². The molecule has 1 aliphatic heterocycles. The Labute approximate surface area is 181 Å². The lowest BCUT2D eigenvalue weighted by molar-refractivity contribution is 0.0605. The zero-order chi connectivity index (χ0) is 20.0. The first kappa shape index (κ1) is 22.3. The number of hydrogen-bond donors (Lipinski definition) is 0. The molecule has 2 aromatic rings. The van der Waals surface area contributed by atoms with Crippen molar-refractivity contribution in [2.45, 2.75) is 9.79 Å². The third-order valence-electron chi connectivity index (χ3n) is 4.01. The Hall–Kier alpha value is -1.38.